The van der Waals surface area contributed by atoms with Gasteiger partial charge in [-0.15, -0.1) is 0 Å². The first-order valence-corrected chi connectivity index (χ1v) is 6.94. The van der Waals surface area contributed by atoms with Gasteiger partial charge in [0.15, 0.2) is 0 Å². The number of benzene rings is 1. The lowest BCUT2D eigenvalue weighted by Gasteiger charge is -2.34. The highest BCUT2D eigenvalue weighted by Crippen LogP contribution is 2.45. The number of ether oxygens (including phenoxy) is 1. The molecule has 0 bridgehead atoms. The van der Waals surface area contributed by atoms with E-state index < -0.39 is 23.0 Å². The number of carboxylic acids is 1. The molecule has 108 valence electrons. The van der Waals surface area contributed by atoms with Crippen molar-refractivity contribution in [3.05, 3.63) is 28.8 Å². The molecule has 0 spiro atoms. The average molecular weight is 282 g/mol. The third-order valence-corrected chi connectivity index (χ3v) is 4.48. The summed E-state index contributed by atoms with van der Waals surface area (Å²) in [7, 11) is 0. The van der Waals surface area contributed by atoms with Gasteiger partial charge in [0.25, 0.3) is 0 Å². The van der Waals surface area contributed by atoms with E-state index in [1.54, 1.807) is 0 Å². The number of hydrogen-bond acceptors (Lipinski definition) is 2. The lowest BCUT2D eigenvalue weighted by molar-refractivity contribution is -0.145. The first-order valence-electron chi connectivity index (χ1n) is 6.94. The molecule has 1 heterocycles. The molecule has 0 amide bonds. The van der Waals surface area contributed by atoms with E-state index in [1.165, 1.54) is 0 Å². The zero-order valence-corrected chi connectivity index (χ0v) is 11.0. The Kier molecular flexibility index (Phi) is 3.15. The van der Waals surface area contributed by atoms with E-state index in [0.29, 0.717) is 31.4 Å². The number of rotatable bonds is 2. The molecule has 0 unspecified atom stereocenters. The van der Waals surface area contributed by atoms with Gasteiger partial charge in [-0.2, -0.15) is 0 Å². The van der Waals surface area contributed by atoms with Gasteiger partial charge in [-0.25, -0.2) is 8.78 Å². The van der Waals surface area contributed by atoms with Crippen molar-refractivity contribution >= 4 is 5.97 Å². The third kappa shape index (κ3) is 1.79. The van der Waals surface area contributed by atoms with Gasteiger partial charge in [0.05, 0.1) is 12.0 Å². The molecule has 1 aliphatic heterocycles. The highest BCUT2D eigenvalue weighted by molar-refractivity contribution is 5.82. The normalized spacial score (nSPS) is 20.3. The Morgan fingerprint density at radius 3 is 2.60 bits per heavy atom. The standard InChI is InChI=1S/C15H16F2O3/c16-10-8-11-9(4-7-20-11)13(17)12(10)15(14(18)19)5-2-1-3-6-15/h8H,1-7H2,(H,18,19). The molecule has 1 aromatic rings. The number of hydrogen-bond donors (Lipinski definition) is 1. The maximum Gasteiger partial charge on any atom is 0.314 e. The second kappa shape index (κ2) is 4.72. The van der Waals surface area contributed by atoms with Crippen LogP contribution in [0.5, 0.6) is 5.75 Å². The van der Waals surface area contributed by atoms with Crippen LogP contribution in [-0.2, 0) is 16.6 Å². The Labute approximate surface area is 115 Å². The van der Waals surface area contributed by atoms with Gasteiger partial charge in [-0.3, -0.25) is 4.79 Å². The summed E-state index contributed by atoms with van der Waals surface area (Å²) in [5.41, 5.74) is -1.38. The van der Waals surface area contributed by atoms with Crippen LogP contribution in [0.15, 0.2) is 6.07 Å². The quantitative estimate of drug-likeness (QED) is 0.906. The fourth-order valence-electron chi connectivity index (χ4n) is 3.43. The van der Waals surface area contributed by atoms with Crippen LogP contribution in [0.2, 0.25) is 0 Å². The summed E-state index contributed by atoms with van der Waals surface area (Å²) in [4.78, 5) is 11.7. The molecule has 1 aromatic carbocycles. The van der Waals surface area contributed by atoms with Crippen molar-refractivity contribution in [2.24, 2.45) is 0 Å². The van der Waals surface area contributed by atoms with Crippen LogP contribution in [-0.4, -0.2) is 17.7 Å². The Balaban J connectivity index is 2.19. The molecular formula is C15H16F2O3. The number of fused-ring (bicyclic) bond motifs is 1. The van der Waals surface area contributed by atoms with Crippen molar-refractivity contribution in [3.63, 3.8) is 0 Å². The van der Waals surface area contributed by atoms with Crippen LogP contribution in [0.3, 0.4) is 0 Å². The number of halogens is 2. The second-order valence-corrected chi connectivity index (χ2v) is 5.57. The van der Waals surface area contributed by atoms with Crippen molar-refractivity contribution in [1.29, 1.82) is 0 Å². The van der Waals surface area contributed by atoms with E-state index in [2.05, 4.69) is 0 Å². The van der Waals surface area contributed by atoms with Gasteiger partial charge >= 0.3 is 5.97 Å². The van der Waals surface area contributed by atoms with Crippen molar-refractivity contribution in [2.45, 2.75) is 43.9 Å². The number of aliphatic carboxylic acids is 1. The summed E-state index contributed by atoms with van der Waals surface area (Å²) < 4.78 is 34.1. The van der Waals surface area contributed by atoms with E-state index in [-0.39, 0.29) is 24.2 Å². The molecule has 3 rings (SSSR count). The Bertz CT molecular complexity index is 563. The predicted molar refractivity (Wildman–Crippen MR) is 68.0 cm³/mol. The summed E-state index contributed by atoms with van der Waals surface area (Å²) in [6.07, 6.45) is 3.21. The van der Waals surface area contributed by atoms with Crippen molar-refractivity contribution < 1.29 is 23.4 Å². The smallest absolute Gasteiger partial charge is 0.314 e. The van der Waals surface area contributed by atoms with Crippen LogP contribution in [0, 0.1) is 11.6 Å². The van der Waals surface area contributed by atoms with E-state index in [9.17, 15) is 18.7 Å². The van der Waals surface area contributed by atoms with E-state index in [4.69, 9.17) is 4.74 Å². The molecule has 0 aromatic heterocycles. The zero-order chi connectivity index (χ0) is 14.3. The summed E-state index contributed by atoms with van der Waals surface area (Å²) >= 11 is 0. The minimum Gasteiger partial charge on any atom is -0.493 e. The summed E-state index contributed by atoms with van der Waals surface area (Å²) in [5.74, 6) is -2.44. The maximum atomic E-state index is 14.6. The van der Waals surface area contributed by atoms with Crippen LogP contribution in [0.1, 0.15) is 43.2 Å². The lowest BCUT2D eigenvalue weighted by atomic mass is 9.68. The van der Waals surface area contributed by atoms with Gasteiger partial charge in [0.2, 0.25) is 0 Å². The highest BCUT2D eigenvalue weighted by atomic mass is 19.1. The fraction of sp³-hybridized carbons (Fsp3) is 0.533. The van der Waals surface area contributed by atoms with E-state index in [0.717, 1.165) is 12.5 Å². The summed E-state index contributed by atoms with van der Waals surface area (Å²) in [6.45, 7) is 0.315. The average Bonchev–Trinajstić information content (AvgIpc) is 2.88. The fourth-order valence-corrected chi connectivity index (χ4v) is 3.43. The van der Waals surface area contributed by atoms with Crippen molar-refractivity contribution in [1.82, 2.24) is 0 Å². The Hall–Kier alpha value is -1.65. The van der Waals surface area contributed by atoms with Crippen LogP contribution in [0.25, 0.3) is 0 Å². The second-order valence-electron chi connectivity index (χ2n) is 5.57. The first kappa shape index (κ1) is 13.3. The number of carboxylic acid groups (broad SMARTS) is 1. The molecule has 0 saturated heterocycles. The Morgan fingerprint density at radius 1 is 1.25 bits per heavy atom. The van der Waals surface area contributed by atoms with Crippen LogP contribution < -0.4 is 4.74 Å². The van der Waals surface area contributed by atoms with Gasteiger partial charge in [0.1, 0.15) is 17.4 Å². The van der Waals surface area contributed by atoms with Crippen LogP contribution >= 0.6 is 0 Å². The summed E-state index contributed by atoms with van der Waals surface area (Å²) in [5, 5.41) is 9.58. The molecule has 3 nitrogen and oxygen atoms in total. The Morgan fingerprint density at radius 2 is 1.95 bits per heavy atom. The third-order valence-electron chi connectivity index (χ3n) is 4.48. The van der Waals surface area contributed by atoms with E-state index in [1.807, 2.05) is 0 Å². The SMILES string of the molecule is O=C(O)C1(c2c(F)cc3c(c2F)CCO3)CCCCC1. The maximum absolute atomic E-state index is 14.6. The number of carbonyl (C=O) groups is 1. The van der Waals surface area contributed by atoms with Crippen LogP contribution in [0.4, 0.5) is 8.78 Å². The molecule has 0 radical (unpaired) electrons. The molecule has 5 heteroatoms. The molecule has 20 heavy (non-hydrogen) atoms. The van der Waals surface area contributed by atoms with Gasteiger partial charge in [-0.1, -0.05) is 19.3 Å². The van der Waals surface area contributed by atoms with Crippen molar-refractivity contribution in [2.75, 3.05) is 6.61 Å². The lowest BCUT2D eigenvalue weighted by Crippen LogP contribution is -2.39. The first-order chi connectivity index (χ1) is 9.56. The van der Waals surface area contributed by atoms with Crippen molar-refractivity contribution in [3.8, 4) is 5.75 Å². The largest absolute Gasteiger partial charge is 0.493 e. The minimum absolute atomic E-state index is 0.208. The van der Waals surface area contributed by atoms with Gasteiger partial charge in [-0.05, 0) is 12.8 Å². The zero-order valence-electron chi connectivity index (χ0n) is 11.0. The summed E-state index contributed by atoms with van der Waals surface area (Å²) in [6, 6.07) is 1.14. The van der Waals surface area contributed by atoms with Gasteiger partial charge < -0.3 is 9.84 Å². The predicted octanol–water partition coefficient (Wildman–Crippen LogP) is 3.19. The molecule has 1 aliphatic carbocycles. The topological polar surface area (TPSA) is 46.5 Å². The highest BCUT2D eigenvalue weighted by Gasteiger charge is 2.46. The van der Waals surface area contributed by atoms with E-state index >= 15 is 0 Å². The minimum atomic E-state index is -1.43. The molecule has 1 saturated carbocycles. The molecular weight excluding hydrogens is 266 g/mol. The molecule has 0 atom stereocenters. The molecule has 2 aliphatic rings. The van der Waals surface area contributed by atoms with Gasteiger partial charge in [0, 0.05) is 23.6 Å². The molecule has 1 fully saturated rings. The monoisotopic (exact) mass is 282 g/mol. The molecule has 1 N–H and O–H groups in total.